The zero-order chi connectivity index (χ0) is 11.8. The van der Waals surface area contributed by atoms with Gasteiger partial charge in [0.1, 0.15) is 4.90 Å². The van der Waals surface area contributed by atoms with Crippen LogP contribution in [0.3, 0.4) is 0 Å². The third-order valence-corrected chi connectivity index (χ3v) is 4.95. The van der Waals surface area contributed by atoms with E-state index < -0.39 is 10.0 Å². The van der Waals surface area contributed by atoms with Crippen molar-refractivity contribution < 1.29 is 8.42 Å². The van der Waals surface area contributed by atoms with E-state index in [4.69, 9.17) is 5.73 Å². The second-order valence-corrected chi connectivity index (χ2v) is 5.88. The van der Waals surface area contributed by atoms with Crippen LogP contribution in [0.2, 0.25) is 0 Å². The van der Waals surface area contributed by atoms with Gasteiger partial charge in [-0.1, -0.05) is 0 Å². The second kappa shape index (κ2) is 4.03. The van der Waals surface area contributed by atoms with Crippen molar-refractivity contribution >= 4 is 15.7 Å². The third kappa shape index (κ3) is 1.78. The highest BCUT2D eigenvalue weighted by molar-refractivity contribution is 7.89. The number of hydrogen-bond donors (Lipinski definition) is 1. The topological polar surface area (TPSA) is 76.3 Å². The number of hydrogen-bond acceptors (Lipinski definition) is 4. The van der Waals surface area contributed by atoms with Gasteiger partial charge in [0.25, 0.3) is 0 Å². The van der Waals surface area contributed by atoms with Gasteiger partial charge in [-0.15, -0.1) is 0 Å². The molecule has 2 rings (SSSR count). The maximum atomic E-state index is 12.3. The van der Waals surface area contributed by atoms with Crippen LogP contribution in [0.25, 0.3) is 0 Å². The van der Waals surface area contributed by atoms with Crippen molar-refractivity contribution in [2.75, 3.05) is 12.3 Å². The van der Waals surface area contributed by atoms with E-state index in [0.717, 1.165) is 12.8 Å². The summed E-state index contributed by atoms with van der Waals surface area (Å²) < 4.78 is 26.0. The molecule has 0 saturated carbocycles. The smallest absolute Gasteiger partial charge is 0.246 e. The highest BCUT2D eigenvalue weighted by Gasteiger charge is 2.33. The van der Waals surface area contributed by atoms with Crippen molar-refractivity contribution in [1.29, 1.82) is 0 Å². The van der Waals surface area contributed by atoms with E-state index in [1.54, 1.807) is 0 Å². The van der Waals surface area contributed by atoms with E-state index in [2.05, 4.69) is 4.98 Å². The summed E-state index contributed by atoms with van der Waals surface area (Å²) in [6.07, 6.45) is 4.61. The lowest BCUT2D eigenvalue weighted by Gasteiger charge is -2.21. The minimum atomic E-state index is -3.47. The van der Waals surface area contributed by atoms with Crippen molar-refractivity contribution in [2.24, 2.45) is 0 Å². The van der Waals surface area contributed by atoms with Crippen molar-refractivity contribution in [3.63, 3.8) is 0 Å². The van der Waals surface area contributed by atoms with Crippen LogP contribution in [0.5, 0.6) is 0 Å². The molecule has 0 aromatic carbocycles. The van der Waals surface area contributed by atoms with Gasteiger partial charge >= 0.3 is 0 Å². The Morgan fingerprint density at radius 2 is 2.31 bits per heavy atom. The van der Waals surface area contributed by atoms with Crippen LogP contribution in [0, 0.1) is 0 Å². The number of rotatable bonds is 2. The van der Waals surface area contributed by atoms with Gasteiger partial charge in [0.15, 0.2) is 0 Å². The number of aromatic nitrogens is 1. The van der Waals surface area contributed by atoms with Crippen molar-refractivity contribution in [1.82, 2.24) is 9.29 Å². The average molecular weight is 241 g/mol. The van der Waals surface area contributed by atoms with Crippen LogP contribution in [0.4, 0.5) is 5.69 Å². The van der Waals surface area contributed by atoms with Gasteiger partial charge in [0.2, 0.25) is 10.0 Å². The quantitative estimate of drug-likeness (QED) is 0.832. The summed E-state index contributed by atoms with van der Waals surface area (Å²) in [6, 6.07) is 1.55. The molecule has 1 aliphatic rings. The van der Waals surface area contributed by atoms with Gasteiger partial charge in [0, 0.05) is 25.0 Å². The molecule has 2 heterocycles. The number of pyridine rings is 1. The molecule has 5 nitrogen and oxygen atoms in total. The molecule has 0 radical (unpaired) electrons. The van der Waals surface area contributed by atoms with Gasteiger partial charge in [-0.2, -0.15) is 4.31 Å². The Labute approximate surface area is 95.3 Å². The van der Waals surface area contributed by atoms with Crippen molar-refractivity contribution in [3.8, 4) is 0 Å². The molecule has 1 atom stereocenters. The predicted molar refractivity (Wildman–Crippen MR) is 61.2 cm³/mol. The van der Waals surface area contributed by atoms with Crippen LogP contribution in [0.1, 0.15) is 19.8 Å². The summed E-state index contributed by atoms with van der Waals surface area (Å²) in [5, 5.41) is 0. The Balaban J connectivity index is 2.43. The molecule has 0 spiro atoms. The molecule has 0 aliphatic carbocycles. The molecule has 16 heavy (non-hydrogen) atoms. The number of nitrogen functional groups attached to an aromatic ring is 1. The molecule has 1 fully saturated rings. The first-order valence-electron chi connectivity index (χ1n) is 5.25. The second-order valence-electron chi connectivity index (χ2n) is 4.02. The summed E-state index contributed by atoms with van der Waals surface area (Å²) in [5.74, 6) is 0. The first-order chi connectivity index (χ1) is 7.53. The molecular formula is C10H15N3O2S. The molecule has 88 valence electrons. The summed E-state index contributed by atoms with van der Waals surface area (Å²) in [6.45, 7) is 2.48. The Kier molecular flexibility index (Phi) is 2.86. The predicted octanol–water partition coefficient (Wildman–Crippen LogP) is 0.837. The molecule has 1 unspecified atom stereocenters. The summed E-state index contributed by atoms with van der Waals surface area (Å²) >= 11 is 0. The Bertz CT molecular complexity index is 487. The Morgan fingerprint density at radius 1 is 1.56 bits per heavy atom. The normalized spacial score (nSPS) is 22.4. The minimum absolute atomic E-state index is 0.0459. The van der Waals surface area contributed by atoms with Crippen molar-refractivity contribution in [2.45, 2.75) is 30.7 Å². The van der Waals surface area contributed by atoms with Gasteiger partial charge in [-0.05, 0) is 25.8 Å². The van der Waals surface area contributed by atoms with Gasteiger partial charge in [-0.25, -0.2) is 8.42 Å². The molecule has 1 aromatic rings. The van der Waals surface area contributed by atoms with Gasteiger partial charge in [-0.3, -0.25) is 4.98 Å². The lowest BCUT2D eigenvalue weighted by Crippen LogP contribution is -2.34. The molecule has 1 aliphatic heterocycles. The third-order valence-electron chi connectivity index (χ3n) is 2.90. The fourth-order valence-electron chi connectivity index (χ4n) is 2.00. The van der Waals surface area contributed by atoms with E-state index in [9.17, 15) is 8.42 Å². The highest BCUT2D eigenvalue weighted by atomic mass is 32.2. The van der Waals surface area contributed by atoms with Crippen LogP contribution in [-0.4, -0.2) is 30.3 Å². The minimum Gasteiger partial charge on any atom is -0.398 e. The zero-order valence-corrected chi connectivity index (χ0v) is 9.94. The standard InChI is InChI=1S/C10H15N3O2S/c1-8-3-2-6-13(8)16(14,15)10-7-12-5-4-9(10)11/h4-5,7-8H,2-3,6H2,1H3,(H2,11,12). The van der Waals surface area contributed by atoms with E-state index >= 15 is 0 Å². The summed E-state index contributed by atoms with van der Waals surface area (Å²) in [7, 11) is -3.47. The number of anilines is 1. The van der Waals surface area contributed by atoms with Gasteiger partial charge < -0.3 is 5.73 Å². The first kappa shape index (κ1) is 11.3. The Hall–Kier alpha value is -1.14. The van der Waals surface area contributed by atoms with Crippen LogP contribution >= 0.6 is 0 Å². The molecule has 0 amide bonds. The average Bonchev–Trinajstić information content (AvgIpc) is 2.65. The van der Waals surface area contributed by atoms with Gasteiger partial charge in [0.05, 0.1) is 5.69 Å². The maximum Gasteiger partial charge on any atom is 0.246 e. The fraction of sp³-hybridized carbons (Fsp3) is 0.500. The monoisotopic (exact) mass is 241 g/mol. The largest absolute Gasteiger partial charge is 0.398 e. The summed E-state index contributed by atoms with van der Waals surface area (Å²) in [5.41, 5.74) is 5.93. The van der Waals surface area contributed by atoms with E-state index in [-0.39, 0.29) is 16.6 Å². The zero-order valence-electron chi connectivity index (χ0n) is 9.13. The molecule has 1 aromatic heterocycles. The number of nitrogens with zero attached hydrogens (tertiary/aromatic N) is 2. The molecule has 0 bridgehead atoms. The highest BCUT2D eigenvalue weighted by Crippen LogP contribution is 2.27. The first-order valence-corrected chi connectivity index (χ1v) is 6.69. The van der Waals surface area contributed by atoms with E-state index in [1.165, 1.54) is 22.8 Å². The lowest BCUT2D eigenvalue weighted by atomic mass is 10.3. The molecule has 6 heteroatoms. The van der Waals surface area contributed by atoms with Crippen LogP contribution in [-0.2, 0) is 10.0 Å². The molecular weight excluding hydrogens is 226 g/mol. The van der Waals surface area contributed by atoms with E-state index in [0.29, 0.717) is 6.54 Å². The van der Waals surface area contributed by atoms with Crippen LogP contribution in [0.15, 0.2) is 23.4 Å². The number of nitrogens with two attached hydrogens (primary N) is 1. The SMILES string of the molecule is CC1CCCN1S(=O)(=O)c1cnccc1N. The lowest BCUT2D eigenvalue weighted by molar-refractivity contribution is 0.408. The number of sulfonamides is 1. The van der Waals surface area contributed by atoms with Crippen molar-refractivity contribution in [3.05, 3.63) is 18.5 Å². The Morgan fingerprint density at radius 3 is 2.88 bits per heavy atom. The molecule has 2 N–H and O–H groups in total. The fourth-order valence-corrected chi connectivity index (χ4v) is 3.76. The summed E-state index contributed by atoms with van der Waals surface area (Å²) in [4.78, 5) is 3.94. The van der Waals surface area contributed by atoms with Crippen LogP contribution < -0.4 is 5.73 Å². The van der Waals surface area contributed by atoms with E-state index in [1.807, 2.05) is 6.92 Å². The maximum absolute atomic E-state index is 12.3. The molecule has 1 saturated heterocycles.